The predicted molar refractivity (Wildman–Crippen MR) is 41.5 cm³/mol. The summed E-state index contributed by atoms with van der Waals surface area (Å²) in [6.45, 7) is 0.474. The SMILES string of the molecule is C1=C\n2ccnc2OC\C=N/1. The van der Waals surface area contributed by atoms with Gasteiger partial charge in [-0.25, -0.2) is 4.98 Å². The van der Waals surface area contributed by atoms with Gasteiger partial charge in [0, 0.05) is 31.0 Å². The number of hydrogen-bond donors (Lipinski definition) is 0. The largest absolute Gasteiger partial charge is 0.459 e. The Bertz CT molecular complexity index is 300. The smallest absolute Gasteiger partial charge is 0.300 e. The molecule has 0 aromatic carbocycles. The van der Waals surface area contributed by atoms with Crippen molar-refractivity contribution in [2.24, 2.45) is 4.99 Å². The lowest BCUT2D eigenvalue weighted by atomic mass is 10.7. The summed E-state index contributed by atoms with van der Waals surface area (Å²) < 4.78 is 6.99. The number of hydrogen-bond acceptors (Lipinski definition) is 3. The van der Waals surface area contributed by atoms with Crippen molar-refractivity contribution in [1.82, 2.24) is 9.55 Å². The number of imidazole rings is 1. The average molecular weight is 149 g/mol. The molecule has 1 aliphatic rings. The molecular formula is C7H7N3O. The molecule has 0 atom stereocenters. The summed E-state index contributed by atoms with van der Waals surface area (Å²) in [7, 11) is 0. The first kappa shape index (κ1) is 6.15. The molecule has 2 heterocycles. The minimum atomic E-state index is 0.474. The molecule has 1 aliphatic heterocycles. The van der Waals surface area contributed by atoms with E-state index < -0.39 is 0 Å². The molecule has 0 spiro atoms. The summed E-state index contributed by atoms with van der Waals surface area (Å²) in [5, 5.41) is 0. The average Bonchev–Trinajstić information content (AvgIpc) is 2.35. The van der Waals surface area contributed by atoms with Crippen molar-refractivity contribution in [3.63, 3.8) is 0 Å². The van der Waals surface area contributed by atoms with Crippen LogP contribution < -0.4 is 4.74 Å². The first-order valence-corrected chi connectivity index (χ1v) is 3.31. The fourth-order valence-electron chi connectivity index (χ4n) is 0.851. The van der Waals surface area contributed by atoms with E-state index in [9.17, 15) is 0 Å². The minimum absolute atomic E-state index is 0.474. The summed E-state index contributed by atoms with van der Waals surface area (Å²) in [4.78, 5) is 7.92. The Morgan fingerprint density at radius 1 is 1.55 bits per heavy atom. The van der Waals surface area contributed by atoms with Crippen LogP contribution in [-0.4, -0.2) is 22.4 Å². The molecule has 0 fully saturated rings. The summed E-state index contributed by atoms with van der Waals surface area (Å²) in [6.07, 6.45) is 8.68. The van der Waals surface area contributed by atoms with Crippen LogP contribution in [0.25, 0.3) is 6.20 Å². The maximum atomic E-state index is 5.22. The van der Waals surface area contributed by atoms with E-state index in [0.29, 0.717) is 12.6 Å². The second-order valence-electron chi connectivity index (χ2n) is 2.06. The van der Waals surface area contributed by atoms with E-state index >= 15 is 0 Å². The third-order valence-electron chi connectivity index (χ3n) is 1.34. The number of nitrogens with zero attached hydrogens (tertiary/aromatic N) is 3. The Morgan fingerprint density at radius 2 is 2.55 bits per heavy atom. The summed E-state index contributed by atoms with van der Waals surface area (Å²) in [5.74, 6) is 0. The highest BCUT2D eigenvalue weighted by atomic mass is 16.5. The number of rotatable bonds is 0. The van der Waals surface area contributed by atoms with Gasteiger partial charge in [-0.1, -0.05) is 0 Å². The molecule has 4 heteroatoms. The van der Waals surface area contributed by atoms with E-state index in [2.05, 4.69) is 9.98 Å². The van der Waals surface area contributed by atoms with Gasteiger partial charge in [0.05, 0.1) is 0 Å². The molecule has 0 saturated heterocycles. The van der Waals surface area contributed by atoms with Crippen LogP contribution >= 0.6 is 0 Å². The molecule has 0 bridgehead atoms. The topological polar surface area (TPSA) is 39.4 Å². The summed E-state index contributed by atoms with van der Waals surface area (Å²) in [5.41, 5.74) is 0. The second kappa shape index (κ2) is 2.57. The number of ether oxygens (including phenoxy) is 1. The molecule has 1 aromatic rings. The van der Waals surface area contributed by atoms with Gasteiger partial charge in [-0.3, -0.25) is 9.56 Å². The van der Waals surface area contributed by atoms with Crippen molar-refractivity contribution >= 4 is 12.4 Å². The zero-order chi connectivity index (χ0) is 7.52. The minimum Gasteiger partial charge on any atom is -0.459 e. The van der Waals surface area contributed by atoms with E-state index in [1.807, 2.05) is 6.20 Å². The number of aromatic nitrogens is 2. The lowest BCUT2D eigenvalue weighted by Gasteiger charge is -2.03. The normalized spacial score (nSPS) is 20.7. The first-order chi connectivity index (χ1) is 5.47. The molecule has 2 rings (SSSR count). The van der Waals surface area contributed by atoms with Gasteiger partial charge in [0.15, 0.2) is 0 Å². The summed E-state index contributed by atoms with van der Waals surface area (Å²) in [6, 6.07) is 0.604. The van der Waals surface area contributed by atoms with Crippen LogP contribution in [-0.2, 0) is 0 Å². The Kier molecular flexibility index (Phi) is 1.44. The fraction of sp³-hybridized carbons (Fsp3) is 0.143. The van der Waals surface area contributed by atoms with Crippen molar-refractivity contribution < 1.29 is 4.74 Å². The molecule has 1 aromatic heterocycles. The molecule has 0 N–H and O–H groups in total. The van der Waals surface area contributed by atoms with E-state index in [1.54, 1.807) is 29.4 Å². The molecule has 0 unspecified atom stereocenters. The van der Waals surface area contributed by atoms with Crippen molar-refractivity contribution in [2.45, 2.75) is 0 Å². The lowest BCUT2D eigenvalue weighted by Crippen LogP contribution is -2.03. The Labute approximate surface area is 63.8 Å². The maximum absolute atomic E-state index is 5.22. The van der Waals surface area contributed by atoms with Gasteiger partial charge in [-0.05, 0) is 0 Å². The van der Waals surface area contributed by atoms with Crippen LogP contribution in [0.15, 0.2) is 23.6 Å². The zero-order valence-electron chi connectivity index (χ0n) is 5.84. The lowest BCUT2D eigenvalue weighted by molar-refractivity contribution is 0.345. The monoisotopic (exact) mass is 149 g/mol. The van der Waals surface area contributed by atoms with Gasteiger partial charge in [0.1, 0.15) is 6.61 Å². The van der Waals surface area contributed by atoms with Gasteiger partial charge < -0.3 is 4.74 Å². The Morgan fingerprint density at radius 3 is 3.55 bits per heavy atom. The molecule has 0 amide bonds. The van der Waals surface area contributed by atoms with Gasteiger partial charge in [-0.2, -0.15) is 0 Å². The van der Waals surface area contributed by atoms with Crippen LogP contribution in [0.5, 0.6) is 6.01 Å². The predicted octanol–water partition coefficient (Wildman–Crippen LogP) is 0.774. The highest BCUT2D eigenvalue weighted by Gasteiger charge is 1.99. The van der Waals surface area contributed by atoms with Crippen LogP contribution in [0, 0.1) is 0 Å². The maximum Gasteiger partial charge on any atom is 0.300 e. The molecule has 0 aliphatic carbocycles. The summed E-state index contributed by atoms with van der Waals surface area (Å²) >= 11 is 0. The van der Waals surface area contributed by atoms with Crippen LogP contribution in [0.1, 0.15) is 0 Å². The van der Waals surface area contributed by atoms with E-state index in [0.717, 1.165) is 0 Å². The molecule has 4 nitrogen and oxygen atoms in total. The zero-order valence-corrected chi connectivity index (χ0v) is 5.84. The van der Waals surface area contributed by atoms with Crippen molar-refractivity contribution in [2.75, 3.05) is 6.61 Å². The van der Waals surface area contributed by atoms with Crippen LogP contribution in [0.4, 0.5) is 0 Å². The standard InChI is InChI=1S/C7H7N3O/c1-4-10-5-2-9-7(10)11-6-3-8-1/h1-5H,6H2/b4-1-,8-3-. The van der Waals surface area contributed by atoms with Gasteiger partial charge >= 0.3 is 6.01 Å². The number of aliphatic imine (C=N–C) groups is 1. The van der Waals surface area contributed by atoms with E-state index in [1.165, 1.54) is 0 Å². The van der Waals surface area contributed by atoms with Gasteiger partial charge in [-0.15, -0.1) is 0 Å². The Hall–Kier alpha value is -1.58. The van der Waals surface area contributed by atoms with Crippen LogP contribution in [0.3, 0.4) is 0 Å². The second-order valence-corrected chi connectivity index (χ2v) is 2.06. The molecule has 0 radical (unpaired) electrons. The van der Waals surface area contributed by atoms with Crippen molar-refractivity contribution in [3.05, 3.63) is 18.6 Å². The fourth-order valence-corrected chi connectivity index (χ4v) is 0.851. The molecule has 56 valence electrons. The van der Waals surface area contributed by atoms with Gasteiger partial charge in [0.2, 0.25) is 0 Å². The molecular weight excluding hydrogens is 142 g/mol. The van der Waals surface area contributed by atoms with Gasteiger partial charge in [0.25, 0.3) is 0 Å². The van der Waals surface area contributed by atoms with E-state index in [-0.39, 0.29) is 0 Å². The highest BCUT2D eigenvalue weighted by Crippen LogP contribution is 2.08. The van der Waals surface area contributed by atoms with Crippen LogP contribution in [0.2, 0.25) is 0 Å². The molecule has 0 saturated carbocycles. The highest BCUT2D eigenvalue weighted by molar-refractivity contribution is 5.60. The number of fused-ring (bicyclic) bond motifs is 1. The van der Waals surface area contributed by atoms with Crippen molar-refractivity contribution in [1.29, 1.82) is 0 Å². The van der Waals surface area contributed by atoms with E-state index in [4.69, 9.17) is 4.74 Å². The quantitative estimate of drug-likeness (QED) is 0.546. The third kappa shape index (κ3) is 1.14. The van der Waals surface area contributed by atoms with Crippen molar-refractivity contribution in [3.8, 4) is 6.01 Å². The first-order valence-electron chi connectivity index (χ1n) is 3.31. The molecule has 11 heavy (non-hydrogen) atoms. The third-order valence-corrected chi connectivity index (χ3v) is 1.34. The Balaban J connectivity index is 2.39.